The third-order valence-corrected chi connectivity index (χ3v) is 5.92. The van der Waals surface area contributed by atoms with Crippen LogP contribution in [0.2, 0.25) is 0 Å². The van der Waals surface area contributed by atoms with Crippen LogP contribution in [0.3, 0.4) is 0 Å². The van der Waals surface area contributed by atoms with Crippen LogP contribution in [0.25, 0.3) is 0 Å². The van der Waals surface area contributed by atoms with Gasteiger partial charge in [0.15, 0.2) is 0 Å². The van der Waals surface area contributed by atoms with Crippen molar-refractivity contribution in [3.05, 3.63) is 23.0 Å². The number of nitrogens with one attached hydrogen (secondary N) is 1. The molecule has 0 aromatic carbocycles. The normalized spacial score (nSPS) is 23.4. The van der Waals surface area contributed by atoms with Crippen molar-refractivity contribution in [1.82, 2.24) is 14.2 Å². The second kappa shape index (κ2) is 6.41. The highest BCUT2D eigenvalue weighted by Gasteiger charge is 2.30. The first kappa shape index (κ1) is 17.0. The predicted octanol–water partition coefficient (Wildman–Crippen LogP) is 0.965. The van der Waals surface area contributed by atoms with Crippen molar-refractivity contribution in [3.63, 3.8) is 0 Å². The molecule has 2 heterocycles. The van der Waals surface area contributed by atoms with E-state index < -0.39 is 10.0 Å². The molecule has 2 rings (SSSR count). The Labute approximate surface area is 132 Å². The number of aromatic nitrogens is 1. The van der Waals surface area contributed by atoms with E-state index in [1.54, 1.807) is 4.31 Å². The molecule has 1 saturated heterocycles. The molecule has 22 heavy (non-hydrogen) atoms. The van der Waals surface area contributed by atoms with E-state index in [0.717, 1.165) is 17.7 Å². The lowest BCUT2D eigenvalue weighted by atomic mass is 9.95. The zero-order chi connectivity index (χ0) is 16.5. The van der Waals surface area contributed by atoms with E-state index in [0.29, 0.717) is 31.4 Å². The van der Waals surface area contributed by atoms with Crippen molar-refractivity contribution in [3.8, 4) is 6.07 Å². The number of nitrogens with zero attached hydrogens (tertiary/aromatic N) is 3. The van der Waals surface area contributed by atoms with Crippen molar-refractivity contribution >= 4 is 10.0 Å². The molecule has 0 unspecified atom stereocenters. The molecule has 0 amide bonds. The fourth-order valence-corrected chi connectivity index (χ4v) is 3.94. The monoisotopic (exact) mass is 324 g/mol. The van der Waals surface area contributed by atoms with Crippen LogP contribution in [0.15, 0.2) is 6.07 Å². The Hall–Kier alpha value is -1.36. The van der Waals surface area contributed by atoms with Crippen LogP contribution in [0, 0.1) is 24.2 Å². The van der Waals surface area contributed by atoms with Crippen molar-refractivity contribution < 1.29 is 8.42 Å². The molecule has 6 nitrogen and oxygen atoms in total. The zero-order valence-corrected chi connectivity index (χ0v) is 14.4. The molecule has 0 saturated carbocycles. The Balaban J connectivity index is 1.98. The first-order valence-corrected chi connectivity index (χ1v) is 9.32. The molecule has 7 heteroatoms. The SMILES string of the molecule is Cc1c(CN[C@@H]2CCN(S(C)(=O)=O)C[C@H]2C)cc(C#N)n1C. The number of sulfonamides is 1. The van der Waals surface area contributed by atoms with Crippen LogP contribution in [0.5, 0.6) is 0 Å². The van der Waals surface area contributed by atoms with E-state index in [1.807, 2.05) is 24.6 Å². The summed E-state index contributed by atoms with van der Waals surface area (Å²) in [6, 6.07) is 4.40. The minimum atomic E-state index is -3.10. The standard InChI is InChI=1S/C15H24N4O2S/c1-11-10-19(22(4,20)21)6-5-15(11)17-9-13-7-14(8-16)18(3)12(13)2/h7,11,15,17H,5-6,9-10H2,1-4H3/t11-,15-/m1/s1. The van der Waals surface area contributed by atoms with Gasteiger partial charge in [0.05, 0.1) is 6.26 Å². The quantitative estimate of drug-likeness (QED) is 0.895. The molecular weight excluding hydrogens is 300 g/mol. The van der Waals surface area contributed by atoms with Crippen LogP contribution in [-0.2, 0) is 23.6 Å². The smallest absolute Gasteiger partial charge is 0.211 e. The van der Waals surface area contributed by atoms with Gasteiger partial charge in [-0.15, -0.1) is 0 Å². The summed E-state index contributed by atoms with van der Waals surface area (Å²) in [6.07, 6.45) is 2.08. The predicted molar refractivity (Wildman–Crippen MR) is 85.7 cm³/mol. The lowest BCUT2D eigenvalue weighted by Crippen LogP contribution is -2.49. The van der Waals surface area contributed by atoms with E-state index in [4.69, 9.17) is 5.26 Å². The largest absolute Gasteiger partial charge is 0.340 e. The zero-order valence-electron chi connectivity index (χ0n) is 13.6. The van der Waals surface area contributed by atoms with Gasteiger partial charge in [0.2, 0.25) is 10.0 Å². The summed E-state index contributed by atoms with van der Waals surface area (Å²) in [5, 5.41) is 12.6. The molecule has 1 fully saturated rings. The van der Waals surface area contributed by atoms with Gasteiger partial charge < -0.3 is 9.88 Å². The average Bonchev–Trinajstić information content (AvgIpc) is 2.72. The Bertz CT molecular complexity index is 687. The van der Waals surface area contributed by atoms with Gasteiger partial charge in [0.25, 0.3) is 0 Å². The molecule has 122 valence electrons. The number of hydrogen-bond acceptors (Lipinski definition) is 4. The molecule has 0 aliphatic carbocycles. The maximum atomic E-state index is 11.6. The molecular formula is C15H24N4O2S. The van der Waals surface area contributed by atoms with Gasteiger partial charge in [-0.2, -0.15) is 5.26 Å². The van der Waals surface area contributed by atoms with Crippen molar-refractivity contribution in [2.75, 3.05) is 19.3 Å². The fourth-order valence-electron chi connectivity index (χ4n) is 3.00. The highest BCUT2D eigenvalue weighted by molar-refractivity contribution is 7.88. The maximum absolute atomic E-state index is 11.6. The lowest BCUT2D eigenvalue weighted by Gasteiger charge is -2.36. The molecule has 1 aromatic rings. The lowest BCUT2D eigenvalue weighted by molar-refractivity contribution is 0.220. The summed E-state index contributed by atoms with van der Waals surface area (Å²) < 4.78 is 26.7. The first-order chi connectivity index (χ1) is 10.2. The van der Waals surface area contributed by atoms with Gasteiger partial charge in [-0.25, -0.2) is 12.7 Å². The Morgan fingerprint density at radius 1 is 1.50 bits per heavy atom. The summed E-state index contributed by atoms with van der Waals surface area (Å²) in [5.74, 6) is 0.267. The number of hydrogen-bond donors (Lipinski definition) is 1. The molecule has 1 aromatic heterocycles. The summed E-state index contributed by atoms with van der Waals surface area (Å²) in [5.41, 5.74) is 2.87. The number of nitriles is 1. The third-order valence-electron chi connectivity index (χ3n) is 4.65. The van der Waals surface area contributed by atoms with Crippen LogP contribution in [-0.4, -0.2) is 42.7 Å². The molecule has 0 bridgehead atoms. The van der Waals surface area contributed by atoms with E-state index in [9.17, 15) is 8.42 Å². The van der Waals surface area contributed by atoms with Crippen molar-refractivity contribution in [1.29, 1.82) is 5.26 Å². The molecule has 0 radical (unpaired) electrons. The van der Waals surface area contributed by atoms with Crippen LogP contribution < -0.4 is 5.32 Å². The van der Waals surface area contributed by atoms with Gasteiger partial charge in [0.1, 0.15) is 11.8 Å². The number of piperidine rings is 1. The Morgan fingerprint density at radius 2 is 2.18 bits per heavy atom. The topological polar surface area (TPSA) is 78.1 Å². The van der Waals surface area contributed by atoms with E-state index >= 15 is 0 Å². The highest BCUT2D eigenvalue weighted by atomic mass is 32.2. The van der Waals surface area contributed by atoms with Crippen LogP contribution in [0.1, 0.15) is 30.3 Å². The average molecular weight is 324 g/mol. The summed E-state index contributed by atoms with van der Waals surface area (Å²) in [7, 11) is -1.20. The van der Waals surface area contributed by atoms with Crippen LogP contribution in [0.4, 0.5) is 0 Å². The molecule has 1 aliphatic rings. The summed E-state index contributed by atoms with van der Waals surface area (Å²) >= 11 is 0. The van der Waals surface area contributed by atoms with Crippen molar-refractivity contribution in [2.24, 2.45) is 13.0 Å². The molecule has 1 aliphatic heterocycles. The van der Waals surface area contributed by atoms with Gasteiger partial charge in [-0.05, 0) is 30.9 Å². The van der Waals surface area contributed by atoms with E-state index in [-0.39, 0.29) is 5.92 Å². The summed E-state index contributed by atoms with van der Waals surface area (Å²) in [4.78, 5) is 0. The fraction of sp³-hybridized carbons (Fsp3) is 0.667. The van der Waals surface area contributed by atoms with Crippen molar-refractivity contribution in [2.45, 2.75) is 32.9 Å². The van der Waals surface area contributed by atoms with Gasteiger partial charge in [-0.3, -0.25) is 0 Å². The highest BCUT2D eigenvalue weighted by Crippen LogP contribution is 2.20. The van der Waals surface area contributed by atoms with E-state index in [2.05, 4.69) is 18.3 Å². The number of rotatable bonds is 4. The Kier molecular flexibility index (Phi) is 4.95. The van der Waals surface area contributed by atoms with Crippen LogP contribution >= 0.6 is 0 Å². The Morgan fingerprint density at radius 3 is 2.68 bits per heavy atom. The minimum Gasteiger partial charge on any atom is -0.340 e. The molecule has 0 spiro atoms. The molecule has 2 atom stereocenters. The van der Waals surface area contributed by atoms with Gasteiger partial charge >= 0.3 is 0 Å². The molecule has 1 N–H and O–H groups in total. The van der Waals surface area contributed by atoms with E-state index in [1.165, 1.54) is 6.26 Å². The second-order valence-corrected chi connectivity index (χ2v) is 8.17. The van der Waals surface area contributed by atoms with Gasteiger partial charge in [0, 0.05) is 38.4 Å². The first-order valence-electron chi connectivity index (χ1n) is 7.47. The second-order valence-electron chi connectivity index (χ2n) is 6.19. The maximum Gasteiger partial charge on any atom is 0.211 e. The minimum absolute atomic E-state index is 0.267. The summed E-state index contributed by atoms with van der Waals surface area (Å²) in [6.45, 7) is 5.92. The third kappa shape index (κ3) is 3.51. The van der Waals surface area contributed by atoms with Gasteiger partial charge in [-0.1, -0.05) is 6.92 Å².